The molecular formula is C17H23F2N3O. The Morgan fingerprint density at radius 1 is 1.35 bits per heavy atom. The molecule has 1 aromatic carbocycles. The predicted molar refractivity (Wildman–Crippen MR) is 84.1 cm³/mol. The van der Waals surface area contributed by atoms with E-state index in [9.17, 15) is 13.6 Å². The summed E-state index contributed by atoms with van der Waals surface area (Å²) < 4.78 is 27.3. The highest BCUT2D eigenvalue weighted by Crippen LogP contribution is 2.31. The van der Waals surface area contributed by atoms with Gasteiger partial charge in [-0.25, -0.2) is 13.6 Å². The number of rotatable bonds is 3. The van der Waals surface area contributed by atoms with Crippen LogP contribution in [0.25, 0.3) is 0 Å². The van der Waals surface area contributed by atoms with Crippen LogP contribution < -0.4 is 10.6 Å². The van der Waals surface area contributed by atoms with E-state index in [1.54, 1.807) is 4.90 Å². The molecule has 0 aromatic heterocycles. The van der Waals surface area contributed by atoms with Crippen molar-refractivity contribution in [3.05, 3.63) is 35.4 Å². The number of carbonyl (C=O) groups excluding carboxylic acids is 1. The normalized spacial score (nSPS) is 20.9. The molecule has 126 valence electrons. The number of nitrogens with one attached hydrogen (secondary N) is 2. The molecule has 23 heavy (non-hydrogen) atoms. The zero-order valence-electron chi connectivity index (χ0n) is 13.4. The van der Waals surface area contributed by atoms with Crippen LogP contribution in [0.3, 0.4) is 0 Å². The lowest BCUT2D eigenvalue weighted by Gasteiger charge is -2.48. The van der Waals surface area contributed by atoms with E-state index < -0.39 is 17.7 Å². The van der Waals surface area contributed by atoms with Crippen molar-refractivity contribution in [2.75, 3.05) is 19.6 Å². The third-order valence-corrected chi connectivity index (χ3v) is 5.15. The number of piperidine rings is 1. The van der Waals surface area contributed by atoms with Crippen molar-refractivity contribution in [3.8, 4) is 0 Å². The number of nitrogens with zero attached hydrogens (tertiary/aromatic N) is 1. The summed E-state index contributed by atoms with van der Waals surface area (Å²) in [5.74, 6) is -0.986. The molecule has 2 saturated heterocycles. The molecular weight excluding hydrogens is 300 g/mol. The molecule has 0 aliphatic carbocycles. The van der Waals surface area contributed by atoms with Crippen LogP contribution in [-0.4, -0.2) is 36.1 Å². The lowest BCUT2D eigenvalue weighted by molar-refractivity contribution is 0.0963. The number of carbonyl (C=O) groups is 1. The maximum Gasteiger partial charge on any atom is 0.317 e. The van der Waals surface area contributed by atoms with Gasteiger partial charge in [0.05, 0.1) is 6.04 Å². The van der Waals surface area contributed by atoms with E-state index >= 15 is 0 Å². The minimum Gasteiger partial charge on any atom is -0.331 e. The van der Waals surface area contributed by atoms with E-state index in [4.69, 9.17) is 0 Å². The first-order valence-electron chi connectivity index (χ1n) is 8.28. The molecule has 2 aliphatic heterocycles. The van der Waals surface area contributed by atoms with Crippen molar-refractivity contribution in [2.45, 2.75) is 44.2 Å². The van der Waals surface area contributed by atoms with E-state index in [0.717, 1.165) is 37.6 Å². The Balaban J connectivity index is 1.62. The van der Waals surface area contributed by atoms with E-state index in [0.29, 0.717) is 19.5 Å². The number of hydrogen-bond acceptors (Lipinski definition) is 2. The summed E-state index contributed by atoms with van der Waals surface area (Å²) in [5.41, 5.74) is 0.435. The minimum atomic E-state index is -0.518. The second kappa shape index (κ2) is 6.43. The van der Waals surface area contributed by atoms with Gasteiger partial charge in [0.25, 0.3) is 0 Å². The average molecular weight is 323 g/mol. The van der Waals surface area contributed by atoms with Gasteiger partial charge in [-0.15, -0.1) is 0 Å². The van der Waals surface area contributed by atoms with Crippen LogP contribution in [0, 0.1) is 11.6 Å². The van der Waals surface area contributed by atoms with Crippen LogP contribution in [0.2, 0.25) is 0 Å². The van der Waals surface area contributed by atoms with Crippen LogP contribution in [0.4, 0.5) is 13.6 Å². The highest BCUT2D eigenvalue weighted by molar-refractivity contribution is 5.75. The fraction of sp³-hybridized carbons (Fsp3) is 0.588. The van der Waals surface area contributed by atoms with E-state index in [2.05, 4.69) is 10.6 Å². The molecule has 3 rings (SSSR count). The number of halogens is 2. The van der Waals surface area contributed by atoms with Gasteiger partial charge in [-0.2, -0.15) is 0 Å². The van der Waals surface area contributed by atoms with Gasteiger partial charge in [0.2, 0.25) is 0 Å². The van der Waals surface area contributed by atoms with Gasteiger partial charge in [0.15, 0.2) is 0 Å². The molecule has 2 amide bonds. The predicted octanol–water partition coefficient (Wildman–Crippen LogP) is 2.95. The summed E-state index contributed by atoms with van der Waals surface area (Å²) in [6.45, 7) is 4.30. The summed E-state index contributed by atoms with van der Waals surface area (Å²) in [6, 6.07) is 2.63. The van der Waals surface area contributed by atoms with Crippen LogP contribution in [-0.2, 0) is 0 Å². The topological polar surface area (TPSA) is 44.4 Å². The summed E-state index contributed by atoms with van der Waals surface area (Å²) in [6.07, 6.45) is 3.58. The highest BCUT2D eigenvalue weighted by Gasteiger charge is 2.40. The second-order valence-corrected chi connectivity index (χ2v) is 6.52. The Kier molecular flexibility index (Phi) is 4.53. The Labute approximate surface area is 135 Å². The monoisotopic (exact) mass is 323 g/mol. The molecule has 6 heteroatoms. The van der Waals surface area contributed by atoms with Gasteiger partial charge >= 0.3 is 6.03 Å². The van der Waals surface area contributed by atoms with Gasteiger partial charge in [0.1, 0.15) is 11.6 Å². The van der Waals surface area contributed by atoms with Crippen molar-refractivity contribution in [1.29, 1.82) is 0 Å². The van der Waals surface area contributed by atoms with E-state index in [-0.39, 0.29) is 17.1 Å². The van der Waals surface area contributed by atoms with E-state index in [1.807, 2.05) is 6.92 Å². The van der Waals surface area contributed by atoms with Gasteiger partial charge in [-0.05, 0) is 50.4 Å². The number of urea groups is 1. The molecule has 0 bridgehead atoms. The first-order valence-corrected chi connectivity index (χ1v) is 8.28. The van der Waals surface area contributed by atoms with Crippen molar-refractivity contribution in [3.63, 3.8) is 0 Å². The molecule has 2 fully saturated rings. The molecule has 2 heterocycles. The summed E-state index contributed by atoms with van der Waals surface area (Å²) in [7, 11) is 0. The van der Waals surface area contributed by atoms with E-state index in [1.165, 1.54) is 6.42 Å². The third kappa shape index (κ3) is 3.32. The summed E-state index contributed by atoms with van der Waals surface area (Å²) in [4.78, 5) is 14.2. The van der Waals surface area contributed by atoms with Crippen LogP contribution in [0.1, 0.15) is 44.2 Å². The Hall–Kier alpha value is -1.69. The smallest absolute Gasteiger partial charge is 0.317 e. The molecule has 0 saturated carbocycles. The maximum absolute atomic E-state index is 13.9. The summed E-state index contributed by atoms with van der Waals surface area (Å²) in [5, 5.41) is 6.31. The Morgan fingerprint density at radius 2 is 2.04 bits per heavy atom. The van der Waals surface area contributed by atoms with Gasteiger partial charge in [0, 0.05) is 24.2 Å². The van der Waals surface area contributed by atoms with Gasteiger partial charge in [-0.3, -0.25) is 0 Å². The van der Waals surface area contributed by atoms with Crippen molar-refractivity contribution >= 4 is 6.03 Å². The van der Waals surface area contributed by atoms with Gasteiger partial charge < -0.3 is 15.5 Å². The van der Waals surface area contributed by atoms with Crippen LogP contribution in [0.15, 0.2) is 18.2 Å². The minimum absolute atomic E-state index is 0.199. The highest BCUT2D eigenvalue weighted by atomic mass is 19.1. The first-order chi connectivity index (χ1) is 11.0. The molecule has 0 radical (unpaired) electrons. The second-order valence-electron chi connectivity index (χ2n) is 6.52. The zero-order chi connectivity index (χ0) is 16.4. The summed E-state index contributed by atoms with van der Waals surface area (Å²) >= 11 is 0. The number of amides is 2. The third-order valence-electron chi connectivity index (χ3n) is 5.15. The fourth-order valence-corrected chi connectivity index (χ4v) is 3.46. The lowest BCUT2D eigenvalue weighted by Crippen LogP contribution is -2.63. The molecule has 2 N–H and O–H groups in total. The molecule has 1 atom stereocenters. The fourth-order valence-electron chi connectivity index (χ4n) is 3.46. The Morgan fingerprint density at radius 3 is 2.61 bits per heavy atom. The number of benzene rings is 1. The Bertz CT molecular complexity index is 579. The van der Waals surface area contributed by atoms with Crippen molar-refractivity contribution in [1.82, 2.24) is 15.5 Å². The molecule has 2 aliphatic rings. The lowest BCUT2D eigenvalue weighted by atomic mass is 9.79. The maximum atomic E-state index is 13.9. The van der Waals surface area contributed by atoms with Crippen LogP contribution >= 0.6 is 0 Å². The standard InChI is InChI=1S/C17H23F2N3O/c1-2-15(13-11-12(18)3-4-14(13)19)21-16(23)22-9-6-17(7-10-22)5-8-20-17/h3-4,11,15,20H,2,5-10H2,1H3,(H,21,23). The molecule has 1 aromatic rings. The first kappa shape index (κ1) is 16.2. The van der Waals surface area contributed by atoms with Crippen LogP contribution in [0.5, 0.6) is 0 Å². The molecule has 1 spiro atoms. The number of likely N-dealkylation sites (tertiary alicyclic amines) is 1. The largest absolute Gasteiger partial charge is 0.331 e. The average Bonchev–Trinajstić information content (AvgIpc) is 2.53. The van der Waals surface area contributed by atoms with Gasteiger partial charge in [-0.1, -0.05) is 6.92 Å². The molecule has 4 nitrogen and oxygen atoms in total. The van der Waals surface area contributed by atoms with Crippen molar-refractivity contribution in [2.24, 2.45) is 0 Å². The molecule has 1 unspecified atom stereocenters. The number of hydrogen-bond donors (Lipinski definition) is 2. The quantitative estimate of drug-likeness (QED) is 0.898. The zero-order valence-corrected chi connectivity index (χ0v) is 13.4. The van der Waals surface area contributed by atoms with Crippen molar-refractivity contribution < 1.29 is 13.6 Å². The SMILES string of the molecule is CCC(NC(=O)N1CCC2(CCN2)CC1)c1cc(F)ccc1F.